The number of rotatable bonds is 6. The molecule has 8 aromatic rings. The molecule has 7 aromatic carbocycles. The van der Waals surface area contributed by atoms with Crippen molar-refractivity contribution in [1.82, 2.24) is 20.5 Å². The number of allylic oxidation sites excluding steroid dienone is 2. The van der Waals surface area contributed by atoms with Gasteiger partial charge in [0.1, 0.15) is 30.0 Å². The zero-order valence-electron chi connectivity index (χ0n) is 29.0. The molecule has 10 rings (SSSR count). The molecule has 0 bridgehead atoms. The van der Waals surface area contributed by atoms with E-state index in [4.69, 9.17) is 4.99 Å². The van der Waals surface area contributed by atoms with E-state index in [0.29, 0.717) is 0 Å². The number of dihydropyridines is 1. The first-order valence-corrected chi connectivity index (χ1v) is 18.2. The third-order valence-corrected chi connectivity index (χ3v) is 10.5. The predicted molar refractivity (Wildman–Crippen MR) is 220 cm³/mol. The maximum atomic E-state index is 5.39. The summed E-state index contributed by atoms with van der Waals surface area (Å²) in [4.78, 5) is 5.39. The summed E-state index contributed by atoms with van der Waals surface area (Å²) in [5.41, 5.74) is 9.32. The van der Waals surface area contributed by atoms with Crippen molar-refractivity contribution >= 4 is 44.2 Å². The van der Waals surface area contributed by atoms with Crippen molar-refractivity contribution in [1.29, 1.82) is 0 Å². The number of benzene rings is 7. The van der Waals surface area contributed by atoms with Crippen LogP contribution < -0.4 is 16.0 Å². The predicted octanol–water partition coefficient (Wildman–Crippen LogP) is 10.6. The number of aliphatic imine (C=N–C) groups is 1. The van der Waals surface area contributed by atoms with Gasteiger partial charge < -0.3 is 10.6 Å². The highest BCUT2D eigenvalue weighted by atomic mass is 15.3. The largest absolute Gasteiger partial charge is 0.358 e. The molecule has 2 aliphatic heterocycles. The van der Waals surface area contributed by atoms with Crippen LogP contribution in [0, 0.1) is 0 Å². The Morgan fingerprint density at radius 1 is 0.509 bits per heavy atom. The summed E-state index contributed by atoms with van der Waals surface area (Å²) in [5, 5.41) is 16.6. The lowest BCUT2D eigenvalue weighted by molar-refractivity contribution is 0.402. The molecular formula is C48H37N5. The second kappa shape index (κ2) is 13.1. The van der Waals surface area contributed by atoms with Crippen LogP contribution in [-0.4, -0.2) is 16.4 Å². The highest BCUT2D eigenvalue weighted by molar-refractivity contribution is 6.21. The molecule has 1 aromatic heterocycles. The molecular weight excluding hydrogens is 647 g/mol. The van der Waals surface area contributed by atoms with E-state index in [1.54, 1.807) is 0 Å². The highest BCUT2D eigenvalue weighted by Gasteiger charge is 2.30. The number of nitrogens with one attached hydrogen (secondary N) is 3. The van der Waals surface area contributed by atoms with Gasteiger partial charge in [0.2, 0.25) is 0 Å². The molecule has 254 valence electrons. The maximum absolute atomic E-state index is 5.39. The fraction of sp³-hybridized carbons (Fsp3) is 0.0625. The van der Waals surface area contributed by atoms with Crippen LogP contribution in [0.3, 0.4) is 0 Å². The molecule has 0 spiro atoms. The van der Waals surface area contributed by atoms with Gasteiger partial charge in [-0.15, -0.1) is 0 Å². The average molecular weight is 684 g/mol. The van der Waals surface area contributed by atoms with Crippen molar-refractivity contribution in [3.8, 4) is 22.3 Å². The highest BCUT2D eigenvalue weighted by Crippen LogP contribution is 2.37. The maximum Gasteiger partial charge on any atom is 0.129 e. The first kappa shape index (κ1) is 31.1. The molecule has 5 heteroatoms. The minimum absolute atomic E-state index is 0.180. The minimum atomic E-state index is -0.274. The van der Waals surface area contributed by atoms with E-state index in [0.717, 1.165) is 28.3 Å². The fourth-order valence-electron chi connectivity index (χ4n) is 7.94. The first-order valence-electron chi connectivity index (χ1n) is 18.2. The van der Waals surface area contributed by atoms with Crippen molar-refractivity contribution in [2.24, 2.45) is 4.99 Å². The van der Waals surface area contributed by atoms with E-state index >= 15 is 0 Å². The van der Waals surface area contributed by atoms with Gasteiger partial charge in [0.15, 0.2) is 0 Å². The van der Waals surface area contributed by atoms with Gasteiger partial charge in [0.05, 0.1) is 11.0 Å². The number of nitrogens with zero attached hydrogens (tertiary/aromatic N) is 2. The van der Waals surface area contributed by atoms with Gasteiger partial charge in [-0.1, -0.05) is 158 Å². The SMILES string of the molecule is C1=CC(C2=NC(c3cccc(-c4ccccc4)c3)NC(c3cccc(-c4ccccc4)c3)N2)NC(n2c3ccccc3c3c4ccccc4ccc32)=C1. The zero-order chi connectivity index (χ0) is 35.1. The van der Waals surface area contributed by atoms with Crippen molar-refractivity contribution in [3.63, 3.8) is 0 Å². The Morgan fingerprint density at radius 2 is 1.15 bits per heavy atom. The molecule has 0 aliphatic carbocycles. The van der Waals surface area contributed by atoms with Gasteiger partial charge >= 0.3 is 0 Å². The van der Waals surface area contributed by atoms with E-state index in [1.807, 2.05) is 0 Å². The van der Waals surface area contributed by atoms with Crippen LogP contribution >= 0.6 is 0 Å². The third-order valence-electron chi connectivity index (χ3n) is 10.5. The van der Waals surface area contributed by atoms with Crippen molar-refractivity contribution in [2.75, 3.05) is 0 Å². The standard InChI is InChI=1S/C48H37N5/c1-3-14-32(15-4-1)35-19-11-21-37(30-35)46-50-47(38-22-12-20-36(31-38)33-16-5-2-6-17-33)52-48(51-46)41-25-13-27-44(49-41)53-42-26-10-9-24-40(42)45-39-23-8-7-18-34(39)28-29-43(45)53/h1-31,41,46-47,49-50H,(H,51,52). The smallest absolute Gasteiger partial charge is 0.129 e. The molecule has 0 radical (unpaired) electrons. The summed E-state index contributed by atoms with van der Waals surface area (Å²) in [6, 6.07) is 60.3. The summed E-state index contributed by atoms with van der Waals surface area (Å²) < 4.78 is 2.36. The summed E-state index contributed by atoms with van der Waals surface area (Å²) in [6.07, 6.45) is 6.06. The van der Waals surface area contributed by atoms with Crippen LogP contribution in [0.2, 0.25) is 0 Å². The number of hydrogen-bond donors (Lipinski definition) is 3. The molecule has 3 atom stereocenters. The molecule has 0 saturated carbocycles. The Kier molecular flexibility index (Phi) is 7.70. The molecule has 3 unspecified atom stereocenters. The number of para-hydroxylation sites is 1. The third kappa shape index (κ3) is 5.68. The van der Waals surface area contributed by atoms with Gasteiger partial charge in [0.25, 0.3) is 0 Å². The Morgan fingerprint density at radius 3 is 1.92 bits per heavy atom. The molecule has 53 heavy (non-hydrogen) atoms. The monoisotopic (exact) mass is 683 g/mol. The van der Waals surface area contributed by atoms with E-state index in [1.165, 1.54) is 49.3 Å². The molecule has 0 amide bonds. The lowest BCUT2D eigenvalue weighted by atomic mass is 9.99. The Bertz CT molecular complexity index is 2720. The van der Waals surface area contributed by atoms with Crippen molar-refractivity contribution < 1.29 is 0 Å². The van der Waals surface area contributed by atoms with Crippen molar-refractivity contribution in [2.45, 2.75) is 18.4 Å². The number of amidine groups is 1. The summed E-state index contributed by atoms with van der Waals surface area (Å²) in [6.45, 7) is 0. The summed E-state index contributed by atoms with van der Waals surface area (Å²) in [5.74, 6) is 1.88. The molecule has 3 heterocycles. The van der Waals surface area contributed by atoms with Crippen LogP contribution in [-0.2, 0) is 0 Å². The average Bonchev–Trinajstić information content (AvgIpc) is 3.59. The van der Waals surface area contributed by atoms with E-state index in [-0.39, 0.29) is 18.4 Å². The normalized spacial score (nSPS) is 18.4. The number of aromatic nitrogens is 1. The van der Waals surface area contributed by atoms with Crippen LogP contribution in [0.4, 0.5) is 0 Å². The van der Waals surface area contributed by atoms with Gasteiger partial charge in [-0.05, 0) is 74.5 Å². The number of hydrogen-bond acceptors (Lipinski definition) is 4. The topological polar surface area (TPSA) is 53.4 Å². The molecule has 3 N–H and O–H groups in total. The van der Waals surface area contributed by atoms with Gasteiger partial charge in [0, 0.05) is 10.8 Å². The summed E-state index contributed by atoms with van der Waals surface area (Å²) in [7, 11) is 0. The van der Waals surface area contributed by atoms with Gasteiger partial charge in [-0.25, -0.2) is 4.99 Å². The number of fused-ring (bicyclic) bond motifs is 5. The molecule has 0 saturated heterocycles. The fourth-order valence-corrected chi connectivity index (χ4v) is 7.94. The Balaban J connectivity index is 1.05. The lowest BCUT2D eigenvalue weighted by Gasteiger charge is -2.35. The first-order chi connectivity index (χ1) is 26.3. The Hall–Kier alpha value is -6.69. The second-order valence-electron chi connectivity index (χ2n) is 13.7. The quantitative estimate of drug-likeness (QED) is 0.164. The van der Waals surface area contributed by atoms with E-state index in [2.05, 4.69) is 209 Å². The van der Waals surface area contributed by atoms with Gasteiger partial charge in [-0.3, -0.25) is 9.88 Å². The van der Waals surface area contributed by atoms with Crippen LogP contribution in [0.25, 0.3) is 60.7 Å². The van der Waals surface area contributed by atoms with Crippen LogP contribution in [0.5, 0.6) is 0 Å². The van der Waals surface area contributed by atoms with Crippen molar-refractivity contribution in [3.05, 3.63) is 199 Å². The summed E-state index contributed by atoms with van der Waals surface area (Å²) >= 11 is 0. The molecule has 0 fully saturated rings. The van der Waals surface area contributed by atoms with Gasteiger partial charge in [-0.2, -0.15) is 0 Å². The van der Waals surface area contributed by atoms with E-state index < -0.39 is 0 Å². The second-order valence-corrected chi connectivity index (χ2v) is 13.7. The van der Waals surface area contributed by atoms with E-state index in [9.17, 15) is 0 Å². The molecule has 2 aliphatic rings. The van der Waals surface area contributed by atoms with Crippen LogP contribution in [0.15, 0.2) is 193 Å². The lowest BCUT2D eigenvalue weighted by Crippen LogP contribution is -2.52. The Labute approximate surface area is 308 Å². The zero-order valence-corrected chi connectivity index (χ0v) is 29.0. The molecule has 5 nitrogen and oxygen atoms in total. The van der Waals surface area contributed by atoms with Crippen LogP contribution in [0.1, 0.15) is 23.5 Å². The minimum Gasteiger partial charge on any atom is -0.358 e.